The number of hydrogen-bond donors (Lipinski definition) is 1. The van der Waals surface area contributed by atoms with Crippen LogP contribution in [0.25, 0.3) is 0 Å². The number of nitrogens with one attached hydrogen (secondary N) is 1. The largest absolute Gasteiger partial charge is 0.493 e. The average Bonchev–Trinajstić information content (AvgIpc) is 3.24. The molecule has 1 aromatic heterocycles. The predicted molar refractivity (Wildman–Crippen MR) is 123 cm³/mol. The van der Waals surface area contributed by atoms with Crippen LogP contribution in [0.3, 0.4) is 0 Å². The Balaban J connectivity index is 1.53. The van der Waals surface area contributed by atoms with Crippen molar-refractivity contribution in [1.82, 2.24) is 4.98 Å². The maximum Gasteiger partial charge on any atom is 0.338 e. The van der Waals surface area contributed by atoms with Crippen LogP contribution in [0, 0.1) is 6.92 Å². The Hall–Kier alpha value is -3.65. The van der Waals surface area contributed by atoms with Crippen LogP contribution in [0.15, 0.2) is 60.5 Å². The SMILES string of the molecule is C=CCOc1ccc(C(=O)OCc2csc(CC(=O)Nc3ccc(C)cc3)n2)cc1OC. The van der Waals surface area contributed by atoms with Crippen LogP contribution in [0.2, 0.25) is 0 Å². The number of carbonyl (C=O) groups excluding carboxylic acids is 2. The Morgan fingerprint density at radius 3 is 2.66 bits per heavy atom. The molecule has 0 saturated carbocycles. The molecule has 0 unspecified atom stereocenters. The molecule has 32 heavy (non-hydrogen) atoms. The molecule has 7 nitrogen and oxygen atoms in total. The molecule has 0 atom stereocenters. The fourth-order valence-corrected chi connectivity index (χ4v) is 3.54. The number of hydrogen-bond acceptors (Lipinski definition) is 7. The summed E-state index contributed by atoms with van der Waals surface area (Å²) in [6.07, 6.45) is 1.77. The molecule has 3 aromatic rings. The van der Waals surface area contributed by atoms with Gasteiger partial charge in [-0.1, -0.05) is 30.4 Å². The van der Waals surface area contributed by atoms with Crippen molar-refractivity contribution in [3.8, 4) is 11.5 Å². The summed E-state index contributed by atoms with van der Waals surface area (Å²) in [5, 5.41) is 5.26. The van der Waals surface area contributed by atoms with Crippen molar-refractivity contribution in [2.75, 3.05) is 19.0 Å². The van der Waals surface area contributed by atoms with E-state index in [9.17, 15) is 9.59 Å². The number of methoxy groups -OCH3 is 1. The summed E-state index contributed by atoms with van der Waals surface area (Å²) in [4.78, 5) is 29.0. The van der Waals surface area contributed by atoms with Crippen LogP contribution in [-0.2, 0) is 22.6 Å². The summed E-state index contributed by atoms with van der Waals surface area (Å²) in [7, 11) is 1.50. The van der Waals surface area contributed by atoms with Gasteiger partial charge in [-0.2, -0.15) is 0 Å². The van der Waals surface area contributed by atoms with Crippen LogP contribution in [0.5, 0.6) is 11.5 Å². The number of rotatable bonds is 10. The van der Waals surface area contributed by atoms with Gasteiger partial charge in [0.05, 0.1) is 24.8 Å². The first-order valence-corrected chi connectivity index (χ1v) is 10.7. The quantitative estimate of drug-likeness (QED) is 0.358. The summed E-state index contributed by atoms with van der Waals surface area (Å²) in [5.74, 6) is 0.275. The first-order chi connectivity index (χ1) is 15.5. The van der Waals surface area contributed by atoms with Crippen LogP contribution in [0.1, 0.15) is 26.6 Å². The second-order valence-corrected chi connectivity index (χ2v) is 7.81. The number of ether oxygens (including phenoxy) is 3. The molecule has 0 aliphatic carbocycles. The number of aryl methyl sites for hydroxylation is 1. The summed E-state index contributed by atoms with van der Waals surface area (Å²) in [6, 6.07) is 12.4. The van der Waals surface area contributed by atoms with E-state index in [-0.39, 0.29) is 18.9 Å². The van der Waals surface area contributed by atoms with Gasteiger partial charge < -0.3 is 19.5 Å². The van der Waals surface area contributed by atoms with Gasteiger partial charge in [-0.25, -0.2) is 9.78 Å². The number of carbonyl (C=O) groups is 2. The summed E-state index contributed by atoms with van der Waals surface area (Å²) in [5.41, 5.74) is 2.78. The van der Waals surface area contributed by atoms with E-state index >= 15 is 0 Å². The Morgan fingerprint density at radius 2 is 1.94 bits per heavy atom. The number of anilines is 1. The van der Waals surface area contributed by atoms with Gasteiger partial charge in [0, 0.05) is 11.1 Å². The molecule has 8 heteroatoms. The van der Waals surface area contributed by atoms with E-state index in [0.29, 0.717) is 34.4 Å². The molecule has 0 bridgehead atoms. The minimum atomic E-state index is -0.509. The first-order valence-electron chi connectivity index (χ1n) is 9.87. The van der Waals surface area contributed by atoms with E-state index in [2.05, 4.69) is 16.9 Å². The highest BCUT2D eigenvalue weighted by Crippen LogP contribution is 2.28. The highest BCUT2D eigenvalue weighted by molar-refractivity contribution is 7.09. The highest BCUT2D eigenvalue weighted by Gasteiger charge is 2.14. The monoisotopic (exact) mass is 452 g/mol. The van der Waals surface area contributed by atoms with Crippen LogP contribution >= 0.6 is 11.3 Å². The maximum absolute atomic E-state index is 12.4. The smallest absolute Gasteiger partial charge is 0.338 e. The van der Waals surface area contributed by atoms with Crippen LogP contribution < -0.4 is 14.8 Å². The Kier molecular flexibility index (Phi) is 7.99. The van der Waals surface area contributed by atoms with Crippen molar-refractivity contribution < 1.29 is 23.8 Å². The van der Waals surface area contributed by atoms with Gasteiger partial charge in [0.2, 0.25) is 5.91 Å². The molecule has 1 heterocycles. The van der Waals surface area contributed by atoms with Gasteiger partial charge in [0.1, 0.15) is 18.2 Å². The van der Waals surface area contributed by atoms with E-state index in [4.69, 9.17) is 14.2 Å². The number of amides is 1. The van der Waals surface area contributed by atoms with Crippen molar-refractivity contribution >= 4 is 28.9 Å². The van der Waals surface area contributed by atoms with Gasteiger partial charge in [-0.15, -0.1) is 11.3 Å². The number of thiazole rings is 1. The highest BCUT2D eigenvalue weighted by atomic mass is 32.1. The van der Waals surface area contributed by atoms with Crippen molar-refractivity contribution in [2.45, 2.75) is 20.0 Å². The molecule has 0 fully saturated rings. The van der Waals surface area contributed by atoms with Crippen molar-refractivity contribution in [2.24, 2.45) is 0 Å². The zero-order chi connectivity index (χ0) is 22.9. The van der Waals surface area contributed by atoms with Gasteiger partial charge in [0.15, 0.2) is 11.5 Å². The van der Waals surface area contributed by atoms with Gasteiger partial charge in [-0.05, 0) is 37.3 Å². The van der Waals surface area contributed by atoms with E-state index in [1.807, 2.05) is 31.2 Å². The second kappa shape index (κ2) is 11.1. The third kappa shape index (κ3) is 6.42. The minimum Gasteiger partial charge on any atom is -0.493 e. The molecule has 1 amide bonds. The molecule has 0 radical (unpaired) electrons. The lowest BCUT2D eigenvalue weighted by molar-refractivity contribution is -0.115. The third-order valence-electron chi connectivity index (χ3n) is 4.35. The molecule has 0 saturated heterocycles. The zero-order valence-corrected chi connectivity index (χ0v) is 18.7. The summed E-state index contributed by atoms with van der Waals surface area (Å²) < 4.78 is 16.1. The Morgan fingerprint density at radius 1 is 1.16 bits per heavy atom. The Bertz CT molecular complexity index is 1090. The fourth-order valence-electron chi connectivity index (χ4n) is 2.76. The molecule has 0 aliphatic heterocycles. The zero-order valence-electron chi connectivity index (χ0n) is 17.9. The Labute approximate surface area is 190 Å². The number of aromatic nitrogens is 1. The van der Waals surface area contributed by atoms with Crippen molar-refractivity contribution in [1.29, 1.82) is 0 Å². The molecule has 2 aromatic carbocycles. The van der Waals surface area contributed by atoms with Crippen LogP contribution in [-0.4, -0.2) is 30.6 Å². The molecule has 166 valence electrons. The fraction of sp³-hybridized carbons (Fsp3) is 0.208. The van der Waals surface area contributed by atoms with E-state index < -0.39 is 5.97 Å². The molecule has 0 spiro atoms. The standard InChI is InChI=1S/C24H24N2O5S/c1-4-11-30-20-10-7-17(12-21(20)29-3)24(28)31-14-19-15-32-23(26-19)13-22(27)25-18-8-5-16(2)6-9-18/h4-10,12,15H,1,11,13-14H2,2-3H3,(H,25,27). The summed E-state index contributed by atoms with van der Waals surface area (Å²) >= 11 is 1.35. The second-order valence-electron chi connectivity index (χ2n) is 6.87. The van der Waals surface area contributed by atoms with Gasteiger partial charge in [0.25, 0.3) is 0 Å². The van der Waals surface area contributed by atoms with Gasteiger partial charge >= 0.3 is 5.97 Å². The average molecular weight is 453 g/mol. The van der Waals surface area contributed by atoms with E-state index in [1.165, 1.54) is 18.4 Å². The molecular formula is C24H24N2O5S. The number of nitrogens with zero attached hydrogens (tertiary/aromatic N) is 1. The predicted octanol–water partition coefficient (Wildman–Crippen LogP) is 4.56. The van der Waals surface area contributed by atoms with Crippen LogP contribution in [0.4, 0.5) is 5.69 Å². The topological polar surface area (TPSA) is 86.8 Å². The molecular weight excluding hydrogens is 428 g/mol. The van der Waals surface area contributed by atoms with E-state index in [1.54, 1.807) is 29.7 Å². The van der Waals surface area contributed by atoms with Gasteiger partial charge in [-0.3, -0.25) is 4.79 Å². The summed E-state index contributed by atoms with van der Waals surface area (Å²) in [6.45, 7) is 5.92. The third-order valence-corrected chi connectivity index (χ3v) is 5.25. The molecule has 1 N–H and O–H groups in total. The minimum absolute atomic E-state index is 0.00590. The number of benzene rings is 2. The van der Waals surface area contributed by atoms with Crippen molar-refractivity contribution in [3.63, 3.8) is 0 Å². The normalized spacial score (nSPS) is 10.3. The lowest BCUT2D eigenvalue weighted by Gasteiger charge is -2.10. The number of esters is 1. The molecule has 3 rings (SSSR count). The lowest BCUT2D eigenvalue weighted by atomic mass is 10.2. The maximum atomic E-state index is 12.4. The van der Waals surface area contributed by atoms with E-state index in [0.717, 1.165) is 11.3 Å². The van der Waals surface area contributed by atoms with Crippen molar-refractivity contribution in [3.05, 3.63) is 82.3 Å². The molecule has 0 aliphatic rings. The lowest BCUT2D eigenvalue weighted by Crippen LogP contribution is -2.14. The first kappa shape index (κ1) is 23.0.